The topological polar surface area (TPSA) is 89.3 Å². The van der Waals surface area contributed by atoms with Crippen molar-refractivity contribution in [2.75, 3.05) is 13.2 Å². The summed E-state index contributed by atoms with van der Waals surface area (Å²) in [5, 5.41) is 17.1. The number of aromatic nitrogens is 3. The maximum Gasteiger partial charge on any atom is 0.278 e. The molecule has 0 radical (unpaired) electrons. The highest BCUT2D eigenvalue weighted by Gasteiger charge is 2.22. The number of aliphatic hydroxyl groups excluding tert-OH is 1. The minimum atomic E-state index is -2.90. The Balaban J connectivity index is 1.77. The van der Waals surface area contributed by atoms with Crippen LogP contribution in [0.4, 0.5) is 8.78 Å². The van der Waals surface area contributed by atoms with Crippen molar-refractivity contribution in [3.63, 3.8) is 0 Å². The van der Waals surface area contributed by atoms with Gasteiger partial charge in [-0.15, -0.1) is 0 Å². The first-order valence-electron chi connectivity index (χ1n) is 9.51. The number of carbonyl (C=O) groups is 1. The van der Waals surface area contributed by atoms with Crippen molar-refractivity contribution in [2.45, 2.75) is 39.3 Å². The quantitative estimate of drug-likeness (QED) is 0.587. The van der Waals surface area contributed by atoms with Crippen LogP contribution in [0.15, 0.2) is 36.7 Å². The second-order valence-electron chi connectivity index (χ2n) is 7.44. The number of carbonyl (C=O) groups excluding carboxylic acids is 1. The Bertz CT molecular complexity index is 1040. The first-order chi connectivity index (χ1) is 14.1. The molecule has 9 heteroatoms. The van der Waals surface area contributed by atoms with Gasteiger partial charge in [0.25, 0.3) is 11.8 Å². The van der Waals surface area contributed by atoms with Crippen LogP contribution in [0.1, 0.15) is 35.5 Å². The lowest BCUT2D eigenvalue weighted by atomic mass is 10.1. The molecule has 30 heavy (non-hydrogen) atoms. The molecule has 3 rings (SSSR count). The van der Waals surface area contributed by atoms with E-state index in [1.165, 1.54) is 6.20 Å². The molecule has 0 saturated heterocycles. The first-order valence-corrected chi connectivity index (χ1v) is 9.51. The van der Waals surface area contributed by atoms with Gasteiger partial charge in [0, 0.05) is 25.9 Å². The lowest BCUT2D eigenvalue weighted by molar-refractivity contribution is -0.0231. The zero-order valence-corrected chi connectivity index (χ0v) is 17.0. The van der Waals surface area contributed by atoms with Crippen LogP contribution in [0.2, 0.25) is 0 Å². The van der Waals surface area contributed by atoms with E-state index in [4.69, 9.17) is 4.74 Å². The van der Waals surface area contributed by atoms with Crippen molar-refractivity contribution in [1.29, 1.82) is 0 Å². The third-order valence-electron chi connectivity index (χ3n) is 4.32. The number of fused-ring (bicyclic) bond motifs is 1. The van der Waals surface area contributed by atoms with Gasteiger partial charge in [-0.2, -0.15) is 5.10 Å². The number of aliphatic hydroxyl groups is 1. The summed E-state index contributed by atoms with van der Waals surface area (Å²) in [4.78, 5) is 16.5. The highest BCUT2D eigenvalue weighted by atomic mass is 19.3. The highest BCUT2D eigenvalue weighted by molar-refractivity contribution is 6.04. The number of amides is 1. The Morgan fingerprint density at radius 1 is 1.37 bits per heavy atom. The molecule has 0 bridgehead atoms. The molecule has 0 spiro atoms. The van der Waals surface area contributed by atoms with Crippen molar-refractivity contribution in [3.8, 4) is 5.75 Å². The SMILES string of the molecule is Cc1cc(Cn2cc3c(C(=O)NC[C@H](C)O)nccc3n2)ccc1OCC(C)(F)F. The molecular weight excluding hydrogens is 394 g/mol. The molecule has 0 aliphatic heterocycles. The van der Waals surface area contributed by atoms with E-state index in [0.717, 1.165) is 18.1 Å². The second-order valence-corrected chi connectivity index (χ2v) is 7.44. The molecule has 2 aromatic heterocycles. The molecule has 0 aliphatic rings. The van der Waals surface area contributed by atoms with Crippen molar-refractivity contribution >= 4 is 16.8 Å². The number of nitrogens with zero attached hydrogens (tertiary/aromatic N) is 3. The number of ether oxygens (including phenoxy) is 1. The zero-order chi connectivity index (χ0) is 21.9. The molecule has 0 saturated carbocycles. The fourth-order valence-electron chi connectivity index (χ4n) is 2.94. The number of halogens is 2. The van der Waals surface area contributed by atoms with Crippen LogP contribution in [0.5, 0.6) is 5.75 Å². The summed E-state index contributed by atoms with van der Waals surface area (Å²) in [7, 11) is 0. The van der Waals surface area contributed by atoms with Gasteiger partial charge in [0.15, 0.2) is 6.61 Å². The summed E-state index contributed by atoms with van der Waals surface area (Å²) in [5.74, 6) is -2.87. The normalized spacial score (nSPS) is 12.7. The molecule has 160 valence electrons. The summed E-state index contributed by atoms with van der Waals surface area (Å²) >= 11 is 0. The van der Waals surface area contributed by atoms with Gasteiger partial charge in [0.05, 0.1) is 23.6 Å². The van der Waals surface area contributed by atoms with Crippen molar-refractivity contribution in [2.24, 2.45) is 0 Å². The van der Waals surface area contributed by atoms with E-state index in [1.54, 1.807) is 42.9 Å². The van der Waals surface area contributed by atoms with Gasteiger partial charge in [-0.3, -0.25) is 14.5 Å². The van der Waals surface area contributed by atoms with E-state index in [2.05, 4.69) is 15.4 Å². The number of benzene rings is 1. The van der Waals surface area contributed by atoms with Gasteiger partial charge < -0.3 is 15.2 Å². The molecule has 2 N–H and O–H groups in total. The minimum Gasteiger partial charge on any atom is -0.487 e. The van der Waals surface area contributed by atoms with Gasteiger partial charge in [0.1, 0.15) is 11.4 Å². The van der Waals surface area contributed by atoms with Crippen LogP contribution in [0.25, 0.3) is 10.9 Å². The van der Waals surface area contributed by atoms with Crippen LogP contribution >= 0.6 is 0 Å². The number of rotatable bonds is 8. The molecule has 1 atom stereocenters. The average Bonchev–Trinajstić information content (AvgIpc) is 3.07. The van der Waals surface area contributed by atoms with Gasteiger partial charge in [-0.05, 0) is 37.1 Å². The minimum absolute atomic E-state index is 0.128. The molecule has 7 nitrogen and oxygen atoms in total. The summed E-state index contributed by atoms with van der Waals surface area (Å²) < 4.78 is 32.9. The van der Waals surface area contributed by atoms with E-state index >= 15 is 0 Å². The predicted octanol–water partition coefficient (Wildman–Crippen LogP) is 2.93. The fraction of sp³-hybridized carbons (Fsp3) is 0.381. The number of nitrogens with one attached hydrogen (secondary N) is 1. The smallest absolute Gasteiger partial charge is 0.278 e. The molecule has 1 aromatic carbocycles. The monoisotopic (exact) mass is 418 g/mol. The van der Waals surface area contributed by atoms with Gasteiger partial charge >= 0.3 is 0 Å². The maximum atomic E-state index is 13.0. The summed E-state index contributed by atoms with van der Waals surface area (Å²) in [5.41, 5.74) is 2.51. The van der Waals surface area contributed by atoms with Crippen molar-refractivity contribution in [3.05, 3.63) is 53.5 Å². The summed E-state index contributed by atoms with van der Waals surface area (Å²) in [6.07, 6.45) is 2.59. The Morgan fingerprint density at radius 2 is 2.13 bits per heavy atom. The van der Waals surface area contributed by atoms with Crippen LogP contribution in [0.3, 0.4) is 0 Å². The highest BCUT2D eigenvalue weighted by Crippen LogP contribution is 2.23. The predicted molar refractivity (Wildman–Crippen MR) is 108 cm³/mol. The van der Waals surface area contributed by atoms with E-state index in [0.29, 0.717) is 23.2 Å². The summed E-state index contributed by atoms with van der Waals surface area (Å²) in [6, 6.07) is 7.02. The molecular formula is C21H24F2N4O3. The van der Waals surface area contributed by atoms with Crippen LogP contribution in [0, 0.1) is 6.92 Å². The lowest BCUT2D eigenvalue weighted by Crippen LogP contribution is -2.31. The molecule has 2 heterocycles. The fourth-order valence-corrected chi connectivity index (χ4v) is 2.94. The van der Waals surface area contributed by atoms with Crippen molar-refractivity contribution in [1.82, 2.24) is 20.1 Å². The third-order valence-corrected chi connectivity index (χ3v) is 4.32. The molecule has 0 aliphatic carbocycles. The standard InChI is InChI=1S/C21H24F2N4O3/c1-13-8-15(4-5-18(13)30-12-21(3,22)23)10-27-11-16-17(26-27)6-7-24-19(16)20(29)25-9-14(2)28/h4-8,11,14,28H,9-10,12H2,1-3H3,(H,25,29)/t14-/m0/s1. The van der Waals surface area contributed by atoms with Crippen LogP contribution in [-0.4, -0.2) is 51.0 Å². The number of hydrogen-bond donors (Lipinski definition) is 2. The molecule has 1 amide bonds. The van der Waals surface area contributed by atoms with Crippen LogP contribution < -0.4 is 10.1 Å². The van der Waals surface area contributed by atoms with Crippen LogP contribution in [-0.2, 0) is 6.54 Å². The number of alkyl halides is 2. The molecule has 0 unspecified atom stereocenters. The molecule has 3 aromatic rings. The maximum absolute atomic E-state index is 13.0. The van der Waals surface area contributed by atoms with E-state index in [9.17, 15) is 18.7 Å². The average molecular weight is 418 g/mol. The van der Waals surface area contributed by atoms with E-state index in [1.807, 2.05) is 6.07 Å². The van der Waals surface area contributed by atoms with Gasteiger partial charge in [0.2, 0.25) is 0 Å². The Kier molecular flexibility index (Phi) is 6.31. The van der Waals surface area contributed by atoms with E-state index < -0.39 is 18.6 Å². The van der Waals surface area contributed by atoms with Gasteiger partial charge in [-0.1, -0.05) is 12.1 Å². The Labute approximate surface area is 172 Å². The molecule has 0 fully saturated rings. The first kappa shape index (κ1) is 21.6. The second kappa shape index (κ2) is 8.74. The third kappa shape index (κ3) is 5.50. The van der Waals surface area contributed by atoms with Gasteiger partial charge in [-0.25, -0.2) is 8.78 Å². The number of pyridine rings is 1. The zero-order valence-electron chi connectivity index (χ0n) is 17.0. The van der Waals surface area contributed by atoms with Crippen molar-refractivity contribution < 1.29 is 23.4 Å². The van der Waals surface area contributed by atoms with E-state index in [-0.39, 0.29) is 18.1 Å². The number of aryl methyl sites for hydroxylation is 1. The number of hydrogen-bond acceptors (Lipinski definition) is 5. The lowest BCUT2D eigenvalue weighted by Gasteiger charge is -2.14. The Morgan fingerprint density at radius 3 is 2.80 bits per heavy atom. The Hall–Kier alpha value is -3.07. The largest absolute Gasteiger partial charge is 0.487 e. The summed E-state index contributed by atoms with van der Waals surface area (Å²) in [6.45, 7) is 4.06.